The van der Waals surface area contributed by atoms with Crippen molar-refractivity contribution in [3.05, 3.63) is 23.5 Å². The Bertz CT molecular complexity index is 260. The number of hydrogen-bond acceptors (Lipinski definition) is 0. The van der Waals surface area contributed by atoms with Gasteiger partial charge in [0.2, 0.25) is 0 Å². The van der Waals surface area contributed by atoms with Gasteiger partial charge in [0.1, 0.15) is 0 Å². The molecule has 0 spiro atoms. The Morgan fingerprint density at radius 3 is 2.14 bits per heavy atom. The van der Waals surface area contributed by atoms with Crippen molar-refractivity contribution < 1.29 is 0 Å². The van der Waals surface area contributed by atoms with Crippen LogP contribution in [0.5, 0.6) is 0 Å². The highest BCUT2D eigenvalue weighted by molar-refractivity contribution is 5.13. The van der Waals surface area contributed by atoms with Crippen molar-refractivity contribution in [2.75, 3.05) is 0 Å². The van der Waals surface area contributed by atoms with E-state index in [0.717, 1.165) is 11.8 Å². The second kappa shape index (κ2) is 5.23. The fourth-order valence-corrected chi connectivity index (χ4v) is 1.69. The molecule has 1 atom stereocenters. The minimum atomic E-state index is 0.741. The van der Waals surface area contributed by atoms with Crippen LogP contribution in [0.4, 0.5) is 0 Å². The topological polar surface area (TPSA) is 15.8 Å². The van der Waals surface area contributed by atoms with E-state index in [2.05, 4.69) is 44.8 Å². The summed E-state index contributed by atoms with van der Waals surface area (Å²) in [4.78, 5) is 3.51. The van der Waals surface area contributed by atoms with Crippen molar-refractivity contribution in [3.8, 4) is 0 Å². The van der Waals surface area contributed by atoms with Gasteiger partial charge in [-0.05, 0) is 36.8 Å². The number of H-pyrrole nitrogens is 1. The maximum absolute atomic E-state index is 3.51. The molecule has 1 aromatic heterocycles. The molecule has 80 valence electrons. The maximum Gasteiger partial charge on any atom is 0.0151 e. The lowest BCUT2D eigenvalue weighted by molar-refractivity contribution is 0.552. The van der Waals surface area contributed by atoms with Crippen molar-refractivity contribution >= 4 is 0 Å². The van der Waals surface area contributed by atoms with Crippen LogP contribution in [0.25, 0.3) is 0 Å². The average molecular weight is 193 g/mol. The molecule has 0 aromatic carbocycles. The summed E-state index contributed by atoms with van der Waals surface area (Å²) in [5.74, 6) is 1.53. The van der Waals surface area contributed by atoms with Gasteiger partial charge in [-0.1, -0.05) is 34.1 Å². The molecular weight excluding hydrogens is 170 g/mol. The van der Waals surface area contributed by atoms with Crippen LogP contribution in [-0.2, 0) is 12.8 Å². The molecule has 0 saturated carbocycles. The maximum atomic E-state index is 3.51. The van der Waals surface area contributed by atoms with Gasteiger partial charge in [0, 0.05) is 11.4 Å². The van der Waals surface area contributed by atoms with Crippen LogP contribution in [0.3, 0.4) is 0 Å². The average Bonchev–Trinajstić information content (AvgIpc) is 2.51. The molecule has 14 heavy (non-hydrogen) atoms. The normalized spacial score (nSPS) is 13.5. The number of aromatic amines is 1. The van der Waals surface area contributed by atoms with Gasteiger partial charge < -0.3 is 4.98 Å². The third kappa shape index (κ3) is 3.57. The number of hydrogen-bond donors (Lipinski definition) is 1. The summed E-state index contributed by atoms with van der Waals surface area (Å²) in [6.45, 7) is 9.08. The summed E-state index contributed by atoms with van der Waals surface area (Å²) in [7, 11) is 0. The Morgan fingerprint density at radius 1 is 1.07 bits per heavy atom. The summed E-state index contributed by atoms with van der Waals surface area (Å²) >= 11 is 0. The van der Waals surface area contributed by atoms with E-state index in [4.69, 9.17) is 0 Å². The molecular formula is C13H23N. The first-order valence-corrected chi connectivity index (χ1v) is 5.78. The number of nitrogens with one attached hydrogen (secondary N) is 1. The standard InChI is InChI=1S/C13H23N/c1-5-11(4)9-13-7-6-12(14-13)8-10(2)3/h6-7,10-11,14H,5,8-9H2,1-4H3. The second-order valence-electron chi connectivity index (χ2n) is 4.82. The highest BCUT2D eigenvalue weighted by Gasteiger charge is 2.04. The minimum Gasteiger partial charge on any atom is -0.362 e. The third-order valence-corrected chi connectivity index (χ3v) is 2.70. The van der Waals surface area contributed by atoms with E-state index in [0.29, 0.717) is 0 Å². The van der Waals surface area contributed by atoms with E-state index in [1.165, 1.54) is 30.7 Å². The summed E-state index contributed by atoms with van der Waals surface area (Å²) < 4.78 is 0. The van der Waals surface area contributed by atoms with E-state index in [1.807, 2.05) is 0 Å². The van der Waals surface area contributed by atoms with Crippen LogP contribution in [0.2, 0.25) is 0 Å². The number of aromatic nitrogens is 1. The molecule has 0 saturated heterocycles. The SMILES string of the molecule is CCC(C)Cc1ccc(CC(C)C)[nH]1. The molecule has 0 fully saturated rings. The van der Waals surface area contributed by atoms with Crippen molar-refractivity contribution in [2.45, 2.75) is 47.0 Å². The van der Waals surface area contributed by atoms with Crippen LogP contribution < -0.4 is 0 Å². The lowest BCUT2D eigenvalue weighted by Gasteiger charge is -2.06. The molecule has 0 aliphatic carbocycles. The molecule has 0 bridgehead atoms. The first kappa shape index (κ1) is 11.4. The second-order valence-corrected chi connectivity index (χ2v) is 4.82. The minimum absolute atomic E-state index is 0.741. The zero-order chi connectivity index (χ0) is 10.6. The van der Waals surface area contributed by atoms with E-state index < -0.39 is 0 Å². The van der Waals surface area contributed by atoms with Gasteiger partial charge in [-0.3, -0.25) is 0 Å². The van der Waals surface area contributed by atoms with Crippen LogP contribution in [0, 0.1) is 11.8 Å². The van der Waals surface area contributed by atoms with E-state index in [-0.39, 0.29) is 0 Å². The third-order valence-electron chi connectivity index (χ3n) is 2.70. The Kier molecular flexibility index (Phi) is 4.24. The van der Waals surface area contributed by atoms with Crippen LogP contribution in [0.15, 0.2) is 12.1 Å². The summed E-state index contributed by atoms with van der Waals surface area (Å²) in [5.41, 5.74) is 2.79. The molecule has 1 rings (SSSR count). The van der Waals surface area contributed by atoms with Gasteiger partial charge in [0.25, 0.3) is 0 Å². The first-order valence-electron chi connectivity index (χ1n) is 5.78. The predicted octanol–water partition coefficient (Wildman–Crippen LogP) is 3.80. The van der Waals surface area contributed by atoms with E-state index >= 15 is 0 Å². The molecule has 1 heterocycles. The smallest absolute Gasteiger partial charge is 0.0151 e. The fourth-order valence-electron chi connectivity index (χ4n) is 1.69. The monoisotopic (exact) mass is 193 g/mol. The summed E-state index contributed by atoms with van der Waals surface area (Å²) in [5, 5.41) is 0. The Hall–Kier alpha value is -0.720. The van der Waals surface area contributed by atoms with Gasteiger partial charge >= 0.3 is 0 Å². The lowest BCUT2D eigenvalue weighted by atomic mass is 10.0. The highest BCUT2D eigenvalue weighted by atomic mass is 14.7. The molecule has 1 aromatic rings. The Labute approximate surface area is 87.9 Å². The quantitative estimate of drug-likeness (QED) is 0.732. The van der Waals surface area contributed by atoms with Crippen molar-refractivity contribution in [1.82, 2.24) is 4.98 Å². The van der Waals surface area contributed by atoms with Crippen LogP contribution >= 0.6 is 0 Å². The van der Waals surface area contributed by atoms with Crippen molar-refractivity contribution in [2.24, 2.45) is 11.8 Å². The molecule has 0 aliphatic heterocycles. The number of rotatable bonds is 5. The van der Waals surface area contributed by atoms with Crippen LogP contribution in [-0.4, -0.2) is 4.98 Å². The molecule has 1 nitrogen and oxygen atoms in total. The Morgan fingerprint density at radius 2 is 1.64 bits per heavy atom. The molecule has 1 unspecified atom stereocenters. The van der Waals surface area contributed by atoms with Gasteiger partial charge in [0.05, 0.1) is 0 Å². The van der Waals surface area contributed by atoms with E-state index in [1.54, 1.807) is 0 Å². The Balaban J connectivity index is 2.50. The highest BCUT2D eigenvalue weighted by Crippen LogP contribution is 2.13. The van der Waals surface area contributed by atoms with Gasteiger partial charge in [-0.15, -0.1) is 0 Å². The molecule has 0 radical (unpaired) electrons. The predicted molar refractivity (Wildman–Crippen MR) is 62.5 cm³/mol. The first-order chi connectivity index (χ1) is 6.61. The van der Waals surface area contributed by atoms with Gasteiger partial charge in [-0.25, -0.2) is 0 Å². The summed E-state index contributed by atoms with van der Waals surface area (Å²) in [6.07, 6.45) is 3.62. The summed E-state index contributed by atoms with van der Waals surface area (Å²) in [6, 6.07) is 4.47. The van der Waals surface area contributed by atoms with E-state index in [9.17, 15) is 0 Å². The zero-order valence-corrected chi connectivity index (χ0v) is 9.93. The van der Waals surface area contributed by atoms with Gasteiger partial charge in [-0.2, -0.15) is 0 Å². The molecule has 1 heteroatoms. The largest absolute Gasteiger partial charge is 0.362 e. The molecule has 0 amide bonds. The molecule has 0 aliphatic rings. The van der Waals surface area contributed by atoms with Crippen LogP contribution in [0.1, 0.15) is 45.5 Å². The van der Waals surface area contributed by atoms with Crippen molar-refractivity contribution in [3.63, 3.8) is 0 Å². The zero-order valence-electron chi connectivity index (χ0n) is 9.93. The fraction of sp³-hybridized carbons (Fsp3) is 0.692. The lowest BCUT2D eigenvalue weighted by Crippen LogP contribution is -1.99. The van der Waals surface area contributed by atoms with Crippen molar-refractivity contribution in [1.29, 1.82) is 0 Å². The molecule has 1 N–H and O–H groups in total. The van der Waals surface area contributed by atoms with Gasteiger partial charge in [0.15, 0.2) is 0 Å².